The predicted octanol–water partition coefficient (Wildman–Crippen LogP) is -1.47. The Morgan fingerprint density at radius 1 is 1.58 bits per heavy atom. The summed E-state index contributed by atoms with van der Waals surface area (Å²) in [5, 5.41) is 8.45. The standard InChI is InChI=1S/C6H6N4O2/c1-10-4(8)3(2-7)5(11)9-6(10)12/h8H2,1H3,(H,9,11,12). The van der Waals surface area contributed by atoms with E-state index in [1.54, 1.807) is 6.07 Å². The van der Waals surface area contributed by atoms with Gasteiger partial charge in [-0.15, -0.1) is 0 Å². The van der Waals surface area contributed by atoms with Crippen LogP contribution in [-0.4, -0.2) is 9.55 Å². The van der Waals surface area contributed by atoms with Gasteiger partial charge in [0.05, 0.1) is 0 Å². The Morgan fingerprint density at radius 3 is 2.67 bits per heavy atom. The first kappa shape index (κ1) is 8.07. The average molecular weight is 166 g/mol. The Balaban J connectivity index is 3.78. The Labute approximate surface area is 66.9 Å². The molecule has 6 heteroatoms. The summed E-state index contributed by atoms with van der Waals surface area (Å²) in [6.45, 7) is 0. The smallest absolute Gasteiger partial charge is 0.329 e. The van der Waals surface area contributed by atoms with Crippen LogP contribution >= 0.6 is 0 Å². The lowest BCUT2D eigenvalue weighted by Crippen LogP contribution is -2.32. The highest BCUT2D eigenvalue weighted by molar-refractivity contribution is 5.46. The van der Waals surface area contributed by atoms with Crippen LogP contribution < -0.4 is 17.0 Å². The second-order valence-electron chi connectivity index (χ2n) is 2.19. The molecule has 0 saturated carbocycles. The molecule has 0 bridgehead atoms. The minimum atomic E-state index is -0.752. The number of rotatable bonds is 0. The summed E-state index contributed by atoms with van der Waals surface area (Å²) in [5.74, 6) is -0.119. The lowest BCUT2D eigenvalue weighted by Gasteiger charge is -2.01. The highest BCUT2D eigenvalue weighted by Gasteiger charge is 2.07. The lowest BCUT2D eigenvalue weighted by molar-refractivity contribution is 0.809. The van der Waals surface area contributed by atoms with Gasteiger partial charge in [0, 0.05) is 7.05 Å². The van der Waals surface area contributed by atoms with Crippen molar-refractivity contribution in [3.8, 4) is 6.07 Å². The number of anilines is 1. The number of nitrogens with two attached hydrogens (primary N) is 1. The molecule has 0 spiro atoms. The van der Waals surface area contributed by atoms with Gasteiger partial charge < -0.3 is 5.73 Å². The number of aromatic amines is 1. The average Bonchev–Trinajstić information content (AvgIpc) is 2.01. The number of nitrogens with zero attached hydrogens (tertiary/aromatic N) is 2. The summed E-state index contributed by atoms with van der Waals surface area (Å²) in [4.78, 5) is 23.7. The first-order valence-electron chi connectivity index (χ1n) is 3.06. The summed E-state index contributed by atoms with van der Waals surface area (Å²) in [5.41, 5.74) is 3.70. The maximum atomic E-state index is 10.9. The number of H-pyrrole nitrogens is 1. The van der Waals surface area contributed by atoms with E-state index in [0.29, 0.717) is 0 Å². The number of nitrogen functional groups attached to an aromatic ring is 1. The van der Waals surface area contributed by atoms with Crippen LogP contribution in [0.1, 0.15) is 5.56 Å². The lowest BCUT2D eigenvalue weighted by atomic mass is 10.3. The number of nitrogens with one attached hydrogen (secondary N) is 1. The van der Waals surface area contributed by atoms with Gasteiger partial charge in [-0.3, -0.25) is 14.3 Å². The molecule has 6 nitrogen and oxygen atoms in total. The van der Waals surface area contributed by atoms with E-state index in [1.807, 2.05) is 4.98 Å². The molecule has 0 amide bonds. The summed E-state index contributed by atoms with van der Waals surface area (Å²) in [6.07, 6.45) is 0. The second kappa shape index (κ2) is 2.54. The molecule has 12 heavy (non-hydrogen) atoms. The molecule has 0 fully saturated rings. The Bertz CT molecular complexity index is 462. The molecule has 0 aliphatic carbocycles. The van der Waals surface area contributed by atoms with E-state index in [2.05, 4.69) is 0 Å². The van der Waals surface area contributed by atoms with Crippen LogP contribution in [0.15, 0.2) is 9.59 Å². The Morgan fingerprint density at radius 2 is 2.17 bits per heavy atom. The fourth-order valence-corrected chi connectivity index (χ4v) is 0.745. The molecule has 1 aromatic rings. The van der Waals surface area contributed by atoms with E-state index in [-0.39, 0.29) is 11.4 Å². The van der Waals surface area contributed by atoms with Gasteiger partial charge in [0.2, 0.25) is 0 Å². The molecule has 0 radical (unpaired) electrons. The number of hydrogen-bond acceptors (Lipinski definition) is 4. The topological polar surface area (TPSA) is 105 Å². The van der Waals surface area contributed by atoms with Crippen LogP contribution in [0.5, 0.6) is 0 Å². The maximum absolute atomic E-state index is 10.9. The summed E-state index contributed by atoms with van der Waals surface area (Å²) in [6, 6.07) is 1.60. The van der Waals surface area contributed by atoms with Gasteiger partial charge in [0.25, 0.3) is 5.56 Å². The van der Waals surface area contributed by atoms with E-state index in [1.165, 1.54) is 7.05 Å². The zero-order valence-corrected chi connectivity index (χ0v) is 6.29. The molecule has 1 rings (SSSR count). The molecule has 0 aromatic carbocycles. The van der Waals surface area contributed by atoms with Crippen LogP contribution in [0.2, 0.25) is 0 Å². The Kier molecular flexibility index (Phi) is 1.71. The van der Waals surface area contributed by atoms with Crippen molar-refractivity contribution in [1.29, 1.82) is 5.26 Å². The van der Waals surface area contributed by atoms with Gasteiger partial charge in [0.15, 0.2) is 5.56 Å². The minimum absolute atomic E-state index is 0.119. The molecule has 0 unspecified atom stereocenters. The molecule has 1 aromatic heterocycles. The van der Waals surface area contributed by atoms with Gasteiger partial charge in [0.1, 0.15) is 11.9 Å². The van der Waals surface area contributed by atoms with Crippen LogP contribution in [-0.2, 0) is 7.05 Å². The van der Waals surface area contributed by atoms with E-state index in [4.69, 9.17) is 11.0 Å². The number of hydrogen-bond donors (Lipinski definition) is 2. The van der Waals surface area contributed by atoms with E-state index >= 15 is 0 Å². The highest BCUT2D eigenvalue weighted by atomic mass is 16.2. The number of aromatic nitrogens is 2. The largest absolute Gasteiger partial charge is 0.384 e. The zero-order chi connectivity index (χ0) is 9.30. The van der Waals surface area contributed by atoms with E-state index < -0.39 is 11.2 Å². The van der Waals surface area contributed by atoms with Crippen LogP contribution in [0, 0.1) is 11.3 Å². The summed E-state index contributed by atoms with van der Waals surface area (Å²) in [7, 11) is 1.37. The summed E-state index contributed by atoms with van der Waals surface area (Å²) >= 11 is 0. The van der Waals surface area contributed by atoms with Crippen LogP contribution in [0.25, 0.3) is 0 Å². The van der Waals surface area contributed by atoms with Crippen molar-refractivity contribution < 1.29 is 0 Å². The van der Waals surface area contributed by atoms with Gasteiger partial charge in [-0.1, -0.05) is 0 Å². The SMILES string of the molecule is Cn1c(N)c(C#N)c(=O)[nH]c1=O. The Hall–Kier alpha value is -2.03. The monoisotopic (exact) mass is 166 g/mol. The predicted molar refractivity (Wildman–Crippen MR) is 41.4 cm³/mol. The van der Waals surface area contributed by atoms with Gasteiger partial charge in [-0.2, -0.15) is 5.26 Å². The minimum Gasteiger partial charge on any atom is -0.384 e. The zero-order valence-electron chi connectivity index (χ0n) is 6.29. The first-order valence-corrected chi connectivity index (χ1v) is 3.06. The van der Waals surface area contributed by atoms with Crippen LogP contribution in [0.3, 0.4) is 0 Å². The molecule has 1 heterocycles. The van der Waals surface area contributed by atoms with Gasteiger partial charge >= 0.3 is 5.69 Å². The molecule has 0 atom stereocenters. The van der Waals surface area contributed by atoms with Crippen molar-refractivity contribution in [2.45, 2.75) is 0 Å². The molecule has 0 aliphatic rings. The van der Waals surface area contributed by atoms with Gasteiger partial charge in [-0.25, -0.2) is 4.79 Å². The van der Waals surface area contributed by atoms with Gasteiger partial charge in [-0.05, 0) is 0 Å². The molecule has 0 saturated heterocycles. The fourth-order valence-electron chi connectivity index (χ4n) is 0.745. The second-order valence-corrected chi connectivity index (χ2v) is 2.19. The highest BCUT2D eigenvalue weighted by Crippen LogP contribution is 1.97. The molecule has 62 valence electrons. The van der Waals surface area contributed by atoms with Crippen molar-refractivity contribution in [2.24, 2.45) is 7.05 Å². The first-order chi connectivity index (χ1) is 5.57. The molecular weight excluding hydrogens is 160 g/mol. The molecule has 3 N–H and O–H groups in total. The maximum Gasteiger partial charge on any atom is 0.329 e. The van der Waals surface area contributed by atoms with Crippen molar-refractivity contribution in [2.75, 3.05) is 5.73 Å². The third-order valence-electron chi connectivity index (χ3n) is 1.48. The van der Waals surface area contributed by atoms with Crippen molar-refractivity contribution in [3.63, 3.8) is 0 Å². The quantitative estimate of drug-likeness (QED) is 0.490. The van der Waals surface area contributed by atoms with E-state index in [9.17, 15) is 9.59 Å². The summed E-state index contributed by atoms with van der Waals surface area (Å²) < 4.78 is 1.000. The van der Waals surface area contributed by atoms with Crippen molar-refractivity contribution in [3.05, 3.63) is 26.4 Å². The third-order valence-corrected chi connectivity index (χ3v) is 1.48. The molecular formula is C6H6N4O2. The molecule has 0 aliphatic heterocycles. The third kappa shape index (κ3) is 0.971. The normalized spacial score (nSPS) is 9.33. The van der Waals surface area contributed by atoms with Crippen molar-refractivity contribution >= 4 is 5.82 Å². The number of nitriles is 1. The fraction of sp³-hybridized carbons (Fsp3) is 0.167. The van der Waals surface area contributed by atoms with Crippen LogP contribution in [0.4, 0.5) is 5.82 Å². The van der Waals surface area contributed by atoms with Crippen molar-refractivity contribution in [1.82, 2.24) is 9.55 Å². The van der Waals surface area contributed by atoms with E-state index in [0.717, 1.165) is 4.57 Å².